The summed E-state index contributed by atoms with van der Waals surface area (Å²) in [5.74, 6) is 3.27. The molecule has 2 aliphatic heterocycles. The number of hydrogen-bond donors (Lipinski definition) is 0. The Labute approximate surface area is 134 Å². The molecule has 0 aromatic carbocycles. The lowest BCUT2D eigenvalue weighted by molar-refractivity contribution is -0.236. The van der Waals surface area contributed by atoms with Crippen LogP contribution in [0.2, 0.25) is 0 Å². The van der Waals surface area contributed by atoms with E-state index in [1.54, 1.807) is 0 Å². The summed E-state index contributed by atoms with van der Waals surface area (Å²) in [5.41, 5.74) is 0.576. The van der Waals surface area contributed by atoms with Crippen molar-refractivity contribution in [3.63, 3.8) is 0 Å². The first kappa shape index (κ1) is 13.9. The first-order valence-electron chi connectivity index (χ1n) is 9.54. The third kappa shape index (κ3) is 1.17. The molecule has 2 bridgehead atoms. The van der Waals surface area contributed by atoms with Crippen LogP contribution in [0.1, 0.15) is 72.6 Å². The average molecular weight is 302 g/mol. The van der Waals surface area contributed by atoms with E-state index in [1.165, 1.54) is 25.7 Å². The van der Waals surface area contributed by atoms with Crippen LogP contribution in [0.25, 0.3) is 0 Å². The molecular weight excluding hydrogens is 272 g/mol. The van der Waals surface area contributed by atoms with Gasteiger partial charge in [0.05, 0.1) is 5.41 Å². The van der Waals surface area contributed by atoms with Crippen LogP contribution in [-0.2, 0) is 9.53 Å². The number of fused-ring (bicyclic) bond motifs is 3. The maximum absolute atomic E-state index is 12.9. The lowest BCUT2D eigenvalue weighted by atomic mass is 9.44. The first-order chi connectivity index (χ1) is 10.3. The van der Waals surface area contributed by atoms with Gasteiger partial charge in [-0.3, -0.25) is 4.79 Å². The smallest absolute Gasteiger partial charge is 0.313 e. The molecule has 22 heavy (non-hydrogen) atoms. The highest BCUT2D eigenvalue weighted by molar-refractivity contribution is 5.82. The van der Waals surface area contributed by atoms with E-state index in [4.69, 9.17) is 4.74 Å². The maximum atomic E-state index is 12.9. The highest BCUT2D eigenvalue weighted by Crippen LogP contribution is 2.86. The third-order valence-electron chi connectivity index (χ3n) is 9.32. The maximum Gasteiger partial charge on any atom is 0.313 e. The van der Waals surface area contributed by atoms with E-state index < -0.39 is 0 Å². The molecule has 6 rings (SSSR count). The Morgan fingerprint density at radius 1 is 1.05 bits per heavy atom. The molecule has 0 amide bonds. The van der Waals surface area contributed by atoms with Gasteiger partial charge in [0.25, 0.3) is 0 Å². The number of ether oxygens (including phenoxy) is 1. The molecule has 2 heterocycles. The van der Waals surface area contributed by atoms with Crippen molar-refractivity contribution in [2.24, 2.45) is 39.9 Å². The van der Waals surface area contributed by atoms with Gasteiger partial charge < -0.3 is 4.74 Å². The van der Waals surface area contributed by atoms with Gasteiger partial charge in [0.2, 0.25) is 0 Å². The van der Waals surface area contributed by atoms with Gasteiger partial charge in [-0.15, -0.1) is 0 Å². The van der Waals surface area contributed by atoms with Crippen molar-refractivity contribution >= 4 is 5.97 Å². The summed E-state index contributed by atoms with van der Waals surface area (Å²) in [4.78, 5) is 12.9. The van der Waals surface area contributed by atoms with Gasteiger partial charge in [-0.25, -0.2) is 0 Å². The van der Waals surface area contributed by atoms with Crippen molar-refractivity contribution in [2.75, 3.05) is 0 Å². The Morgan fingerprint density at radius 2 is 1.77 bits per heavy atom. The van der Waals surface area contributed by atoms with Gasteiger partial charge in [0.15, 0.2) is 0 Å². The Hall–Kier alpha value is -0.530. The molecule has 2 nitrogen and oxygen atoms in total. The van der Waals surface area contributed by atoms with Crippen LogP contribution in [-0.4, -0.2) is 11.6 Å². The molecule has 122 valence electrons. The topological polar surface area (TPSA) is 26.3 Å². The fraction of sp³-hybridized carbons (Fsp3) is 0.950. The zero-order valence-electron chi connectivity index (χ0n) is 14.6. The zero-order chi connectivity index (χ0) is 15.5. The standard InChI is InChI=1S/C20H30O2/c1-12(2)13-5-6-14-17(13,3)7-9-19-10-8-18(4,22-16(19)21)15-11-20(14,15)19/h12-15H,5-11H2,1-4H3/t13-,14-,15+,17-,18+,19+,20-/m1/s1. The second-order valence-corrected chi connectivity index (χ2v) is 10.1. The molecule has 6 fully saturated rings. The van der Waals surface area contributed by atoms with Crippen molar-refractivity contribution in [1.82, 2.24) is 0 Å². The minimum Gasteiger partial charge on any atom is -0.459 e. The van der Waals surface area contributed by atoms with Crippen LogP contribution >= 0.6 is 0 Å². The van der Waals surface area contributed by atoms with Crippen LogP contribution in [0.3, 0.4) is 0 Å². The average Bonchev–Trinajstić information content (AvgIpc) is 3.11. The van der Waals surface area contributed by atoms with E-state index in [0.717, 1.165) is 37.0 Å². The molecule has 7 atom stereocenters. The van der Waals surface area contributed by atoms with Crippen LogP contribution in [0.5, 0.6) is 0 Å². The fourth-order valence-corrected chi connectivity index (χ4v) is 8.39. The normalized spacial score (nSPS) is 61.5. The second kappa shape index (κ2) is 3.59. The lowest BCUT2D eigenvalue weighted by Crippen LogP contribution is -2.64. The van der Waals surface area contributed by atoms with Gasteiger partial charge >= 0.3 is 5.97 Å². The minimum atomic E-state index is -0.132. The number of carbonyl (C=O) groups is 1. The third-order valence-corrected chi connectivity index (χ3v) is 9.32. The summed E-state index contributed by atoms with van der Waals surface area (Å²) >= 11 is 0. The lowest BCUT2D eigenvalue weighted by Gasteiger charge is -2.62. The molecule has 0 aromatic heterocycles. The van der Waals surface area contributed by atoms with Crippen LogP contribution in [0.4, 0.5) is 0 Å². The summed E-state index contributed by atoms with van der Waals surface area (Å²) in [5, 5.41) is 0. The van der Waals surface area contributed by atoms with Gasteiger partial charge in [0.1, 0.15) is 5.60 Å². The molecule has 2 spiro atoms. The molecule has 4 saturated carbocycles. The number of esters is 1. The zero-order valence-corrected chi connectivity index (χ0v) is 14.6. The second-order valence-electron chi connectivity index (χ2n) is 10.1. The first-order valence-corrected chi connectivity index (χ1v) is 9.54. The Balaban J connectivity index is 1.63. The van der Waals surface area contributed by atoms with E-state index in [0.29, 0.717) is 16.7 Å². The van der Waals surface area contributed by atoms with E-state index in [1.807, 2.05) is 0 Å². The number of carbonyl (C=O) groups excluding carboxylic acids is 1. The predicted octanol–water partition coefficient (Wildman–Crippen LogP) is 4.57. The molecule has 0 unspecified atom stereocenters. The SMILES string of the molecule is CC(C)[C@H]1CC[C@@H]2[C@]1(C)CC[C@]13CC[C@](C)(OC1=O)[C@@H]1C[C@@]213. The summed E-state index contributed by atoms with van der Waals surface area (Å²) in [6.07, 6.45) is 8.60. The highest BCUT2D eigenvalue weighted by Gasteiger charge is 2.86. The quantitative estimate of drug-likeness (QED) is 0.663. The van der Waals surface area contributed by atoms with Crippen LogP contribution < -0.4 is 0 Å². The molecule has 4 aliphatic carbocycles. The van der Waals surface area contributed by atoms with Gasteiger partial charge in [-0.1, -0.05) is 20.8 Å². The summed E-state index contributed by atoms with van der Waals surface area (Å²) in [6, 6.07) is 0. The summed E-state index contributed by atoms with van der Waals surface area (Å²) < 4.78 is 6.00. The van der Waals surface area contributed by atoms with Gasteiger partial charge in [-0.05, 0) is 80.5 Å². The van der Waals surface area contributed by atoms with E-state index in [9.17, 15) is 4.79 Å². The van der Waals surface area contributed by atoms with Crippen LogP contribution in [0, 0.1) is 39.9 Å². The molecule has 2 saturated heterocycles. The molecular formula is C20H30O2. The van der Waals surface area contributed by atoms with Gasteiger partial charge in [0, 0.05) is 5.92 Å². The van der Waals surface area contributed by atoms with Crippen molar-refractivity contribution < 1.29 is 9.53 Å². The molecule has 0 aromatic rings. The highest BCUT2D eigenvalue weighted by atomic mass is 16.6. The minimum absolute atomic E-state index is 0.0918. The number of rotatable bonds is 1. The van der Waals surface area contributed by atoms with Crippen molar-refractivity contribution in [3.8, 4) is 0 Å². The van der Waals surface area contributed by atoms with Crippen molar-refractivity contribution in [2.45, 2.75) is 78.2 Å². The number of hydrogen-bond acceptors (Lipinski definition) is 2. The summed E-state index contributed by atoms with van der Waals surface area (Å²) in [7, 11) is 0. The van der Waals surface area contributed by atoms with E-state index in [-0.39, 0.29) is 17.0 Å². The van der Waals surface area contributed by atoms with E-state index >= 15 is 0 Å². The molecule has 0 radical (unpaired) electrons. The molecule has 6 aliphatic rings. The monoisotopic (exact) mass is 302 g/mol. The van der Waals surface area contributed by atoms with Gasteiger partial charge in [-0.2, -0.15) is 0 Å². The Bertz CT molecular complexity index is 568. The summed E-state index contributed by atoms with van der Waals surface area (Å²) in [6.45, 7) is 9.62. The van der Waals surface area contributed by atoms with Crippen LogP contribution in [0.15, 0.2) is 0 Å². The Morgan fingerprint density at radius 3 is 2.45 bits per heavy atom. The largest absolute Gasteiger partial charge is 0.459 e. The van der Waals surface area contributed by atoms with E-state index in [2.05, 4.69) is 27.7 Å². The fourth-order valence-electron chi connectivity index (χ4n) is 8.39. The Kier molecular flexibility index (Phi) is 2.27. The van der Waals surface area contributed by atoms with Crippen molar-refractivity contribution in [1.29, 1.82) is 0 Å². The molecule has 2 heteroatoms. The molecule has 0 N–H and O–H groups in total. The predicted molar refractivity (Wildman–Crippen MR) is 85.1 cm³/mol. The van der Waals surface area contributed by atoms with Crippen molar-refractivity contribution in [3.05, 3.63) is 0 Å².